The fourth-order valence-corrected chi connectivity index (χ4v) is 2.74. The van der Waals surface area contributed by atoms with E-state index in [4.69, 9.17) is 5.73 Å². The third-order valence-electron chi connectivity index (χ3n) is 4.18. The lowest BCUT2D eigenvalue weighted by atomic mass is 10.0. The quantitative estimate of drug-likeness (QED) is 0.383. The molecule has 0 aromatic heterocycles. The molecule has 1 rings (SSSR count). The molecule has 0 saturated carbocycles. The molecule has 0 radical (unpaired) electrons. The van der Waals surface area contributed by atoms with Crippen molar-refractivity contribution < 1.29 is 0 Å². The lowest BCUT2D eigenvalue weighted by Gasteiger charge is -2.03. The van der Waals surface area contributed by atoms with Gasteiger partial charge in [-0.05, 0) is 19.3 Å². The van der Waals surface area contributed by atoms with Gasteiger partial charge in [0.05, 0.1) is 0 Å². The number of rotatable bonds is 16. The predicted molar refractivity (Wildman–Crippen MR) is 93.2 cm³/mol. The van der Waals surface area contributed by atoms with Gasteiger partial charge in [-0.15, -0.1) is 0 Å². The highest BCUT2D eigenvalue weighted by molar-refractivity contribution is 5.90. The van der Waals surface area contributed by atoms with E-state index in [0.717, 1.165) is 12.1 Å². The maximum atomic E-state index is 5.55. The molecule has 0 saturated heterocycles. The van der Waals surface area contributed by atoms with E-state index < -0.39 is 0 Å². The smallest absolute Gasteiger partial charge is 0.142 e. The second kappa shape index (κ2) is 12.7. The van der Waals surface area contributed by atoms with Gasteiger partial charge in [0.2, 0.25) is 0 Å². The molecule has 0 spiro atoms. The summed E-state index contributed by atoms with van der Waals surface area (Å²) in [7, 11) is 0. The van der Waals surface area contributed by atoms with Crippen LogP contribution in [0.4, 0.5) is 0 Å². The van der Waals surface area contributed by atoms with E-state index >= 15 is 0 Å². The molecule has 0 aromatic carbocycles. The lowest BCUT2D eigenvalue weighted by molar-refractivity contribution is 0.537. The summed E-state index contributed by atoms with van der Waals surface area (Å²) in [5, 5.41) is 3.97. The number of nitrogens with two attached hydrogens (primary N) is 1. The van der Waals surface area contributed by atoms with Gasteiger partial charge >= 0.3 is 0 Å². The van der Waals surface area contributed by atoms with Crippen molar-refractivity contribution in [2.24, 2.45) is 10.8 Å². The molecule has 1 heterocycles. The van der Waals surface area contributed by atoms with Gasteiger partial charge in [-0.2, -0.15) is 5.10 Å². The molecule has 0 amide bonds. The number of nitrogens with zero attached hydrogens (tertiary/aromatic N) is 1. The first kappa shape index (κ1) is 18.1. The molecule has 0 unspecified atom stereocenters. The minimum Gasteiger partial charge on any atom is -0.403 e. The normalized spacial score (nSPS) is 12.9. The third-order valence-corrected chi connectivity index (χ3v) is 4.18. The van der Waals surface area contributed by atoms with Crippen molar-refractivity contribution in [2.45, 2.75) is 96.3 Å². The van der Waals surface area contributed by atoms with Crippen LogP contribution < -0.4 is 11.2 Å². The maximum Gasteiger partial charge on any atom is 0.142 e. The summed E-state index contributed by atoms with van der Waals surface area (Å²) in [4.78, 5) is 0. The molecule has 0 aromatic rings. The Morgan fingerprint density at radius 1 is 0.762 bits per heavy atom. The van der Waals surface area contributed by atoms with Crippen LogP contribution in [0.25, 0.3) is 0 Å². The number of hydrogen-bond acceptors (Lipinski definition) is 3. The van der Waals surface area contributed by atoms with E-state index in [9.17, 15) is 0 Å². The Bertz CT molecular complexity index is 283. The van der Waals surface area contributed by atoms with E-state index in [0.29, 0.717) is 0 Å². The summed E-state index contributed by atoms with van der Waals surface area (Å²) >= 11 is 0. The highest BCUT2D eigenvalue weighted by Crippen LogP contribution is 2.14. The molecular weight excluding hydrogens is 258 g/mol. The van der Waals surface area contributed by atoms with Crippen molar-refractivity contribution in [3.05, 3.63) is 12.3 Å². The molecule has 3 N–H and O–H groups in total. The van der Waals surface area contributed by atoms with Crippen LogP contribution in [0.5, 0.6) is 0 Å². The number of hydrazone groups is 1. The zero-order valence-electron chi connectivity index (χ0n) is 13.8. The van der Waals surface area contributed by atoms with Crippen LogP contribution in [0.2, 0.25) is 0 Å². The summed E-state index contributed by atoms with van der Waals surface area (Å²) in [6.07, 6.45) is 20.1. The van der Waals surface area contributed by atoms with Crippen molar-refractivity contribution in [3.8, 4) is 0 Å². The van der Waals surface area contributed by atoms with Crippen molar-refractivity contribution >= 4 is 5.84 Å². The van der Waals surface area contributed by atoms with Gasteiger partial charge in [0.1, 0.15) is 5.84 Å². The van der Waals surface area contributed by atoms with Gasteiger partial charge in [0.15, 0.2) is 0 Å². The van der Waals surface area contributed by atoms with Crippen molar-refractivity contribution in [3.63, 3.8) is 0 Å². The average molecular weight is 293 g/mol. The number of nitrogens with one attached hydrogen (secondary N) is 1. The molecule has 3 heteroatoms. The van der Waals surface area contributed by atoms with Gasteiger partial charge in [0, 0.05) is 12.1 Å². The van der Waals surface area contributed by atoms with Gasteiger partial charge < -0.3 is 5.73 Å². The van der Waals surface area contributed by atoms with Crippen molar-refractivity contribution in [1.29, 1.82) is 0 Å². The molecular formula is C18H35N3. The monoisotopic (exact) mass is 293 g/mol. The predicted octanol–water partition coefficient (Wildman–Crippen LogP) is 5.23. The van der Waals surface area contributed by atoms with Crippen LogP contribution in [0.3, 0.4) is 0 Å². The van der Waals surface area contributed by atoms with Crippen LogP contribution in [0.15, 0.2) is 17.4 Å². The van der Waals surface area contributed by atoms with Gasteiger partial charge in [-0.25, -0.2) is 0 Å². The van der Waals surface area contributed by atoms with Crippen molar-refractivity contribution in [1.82, 2.24) is 5.43 Å². The van der Waals surface area contributed by atoms with Gasteiger partial charge in [-0.3, -0.25) is 5.43 Å². The highest BCUT2D eigenvalue weighted by Gasteiger charge is 2.06. The molecule has 0 bridgehead atoms. The molecule has 0 aliphatic carbocycles. The molecule has 1 aliphatic heterocycles. The van der Waals surface area contributed by atoms with Crippen LogP contribution in [-0.2, 0) is 0 Å². The SMILES string of the molecule is C=C(N)CCCCCCCCCCCCCCCC1=NN1. The first-order valence-corrected chi connectivity index (χ1v) is 9.05. The molecule has 122 valence electrons. The second-order valence-corrected chi connectivity index (χ2v) is 6.42. The fourth-order valence-electron chi connectivity index (χ4n) is 2.74. The Morgan fingerprint density at radius 2 is 1.14 bits per heavy atom. The Balaban J connectivity index is 1.63. The summed E-state index contributed by atoms with van der Waals surface area (Å²) in [6.45, 7) is 3.73. The van der Waals surface area contributed by atoms with Crippen LogP contribution >= 0.6 is 0 Å². The minimum atomic E-state index is 0.841. The zero-order chi connectivity index (χ0) is 15.2. The van der Waals surface area contributed by atoms with Gasteiger partial charge in [0.25, 0.3) is 0 Å². The summed E-state index contributed by atoms with van der Waals surface area (Å²) < 4.78 is 0. The molecule has 1 aliphatic rings. The molecule has 0 fully saturated rings. The minimum absolute atomic E-state index is 0.841. The van der Waals surface area contributed by atoms with Crippen LogP contribution in [-0.4, -0.2) is 5.84 Å². The van der Waals surface area contributed by atoms with E-state index in [1.165, 1.54) is 95.7 Å². The molecule has 0 atom stereocenters. The standard InChI is InChI=1S/C18H35N3/c1-17(19)15-13-11-9-7-5-3-2-4-6-8-10-12-14-16-18-20-21-18/h1-16,19H2,(H,20,21). The van der Waals surface area contributed by atoms with Crippen molar-refractivity contribution in [2.75, 3.05) is 0 Å². The summed E-state index contributed by atoms with van der Waals surface area (Å²) in [6, 6.07) is 0. The fraction of sp³-hybridized carbons (Fsp3) is 0.833. The summed E-state index contributed by atoms with van der Waals surface area (Å²) in [5.41, 5.74) is 9.31. The molecule has 3 nitrogen and oxygen atoms in total. The maximum absolute atomic E-state index is 5.55. The Labute approximate surface area is 131 Å². The second-order valence-electron chi connectivity index (χ2n) is 6.42. The Hall–Kier alpha value is -0.990. The highest BCUT2D eigenvalue weighted by atomic mass is 15.5. The van der Waals surface area contributed by atoms with Crippen LogP contribution in [0, 0.1) is 0 Å². The van der Waals surface area contributed by atoms with E-state index in [2.05, 4.69) is 17.1 Å². The largest absolute Gasteiger partial charge is 0.403 e. The first-order chi connectivity index (χ1) is 10.3. The topological polar surface area (TPSA) is 60.3 Å². The number of hydrogen-bond donors (Lipinski definition) is 2. The zero-order valence-corrected chi connectivity index (χ0v) is 13.8. The summed E-state index contributed by atoms with van der Waals surface area (Å²) in [5.74, 6) is 1.21. The Kier molecular flexibility index (Phi) is 10.9. The number of allylic oxidation sites excluding steroid dienone is 1. The van der Waals surface area contributed by atoms with E-state index in [1.54, 1.807) is 0 Å². The van der Waals surface area contributed by atoms with Gasteiger partial charge in [-0.1, -0.05) is 77.2 Å². The first-order valence-electron chi connectivity index (χ1n) is 9.05. The third kappa shape index (κ3) is 13.7. The Morgan fingerprint density at radius 3 is 1.52 bits per heavy atom. The molecule has 21 heavy (non-hydrogen) atoms. The lowest BCUT2D eigenvalue weighted by Crippen LogP contribution is -1.93. The number of unbranched alkanes of at least 4 members (excludes halogenated alkanes) is 12. The van der Waals surface area contributed by atoms with E-state index in [1.807, 2.05) is 0 Å². The van der Waals surface area contributed by atoms with Crippen LogP contribution in [0.1, 0.15) is 96.3 Å². The van der Waals surface area contributed by atoms with E-state index in [-0.39, 0.29) is 0 Å². The number of amidine groups is 1. The average Bonchev–Trinajstić information content (AvgIpc) is 3.27.